The smallest absolute Gasteiger partial charge is 0.227 e. The second-order valence-electron chi connectivity index (χ2n) is 6.94. The van der Waals surface area contributed by atoms with Crippen LogP contribution in [-0.4, -0.2) is 28.1 Å². The number of benzene rings is 1. The number of nitrogens with zero attached hydrogens (tertiary/aromatic N) is 2. The second kappa shape index (κ2) is 8.17. The van der Waals surface area contributed by atoms with Crippen molar-refractivity contribution < 1.29 is 9.59 Å². The zero-order valence-corrected chi connectivity index (χ0v) is 15.4. The third-order valence-corrected chi connectivity index (χ3v) is 4.80. The molecule has 0 bridgehead atoms. The lowest BCUT2D eigenvalue weighted by Crippen LogP contribution is -2.32. The first-order chi connectivity index (χ1) is 12.5. The maximum Gasteiger partial charge on any atom is 0.227 e. The minimum absolute atomic E-state index is 0.00465. The summed E-state index contributed by atoms with van der Waals surface area (Å²) in [6.45, 7) is 5.43. The molecule has 2 aromatic rings. The molecule has 6 heteroatoms. The monoisotopic (exact) mass is 354 g/mol. The molecule has 26 heavy (non-hydrogen) atoms. The summed E-state index contributed by atoms with van der Waals surface area (Å²) < 4.78 is 1.96. The zero-order valence-electron chi connectivity index (χ0n) is 15.4. The van der Waals surface area contributed by atoms with E-state index in [1.165, 1.54) is 0 Å². The first-order valence-corrected chi connectivity index (χ1v) is 9.19. The Balaban J connectivity index is 1.38. The fraction of sp³-hybridized carbons (Fsp3) is 0.450. The lowest BCUT2D eigenvalue weighted by atomic mass is 9.89. The average Bonchev–Trinajstić information content (AvgIpc) is 2.94. The Morgan fingerprint density at radius 3 is 2.92 bits per heavy atom. The van der Waals surface area contributed by atoms with Gasteiger partial charge in [0.05, 0.1) is 5.69 Å². The molecule has 1 aliphatic heterocycles. The number of amides is 2. The van der Waals surface area contributed by atoms with Crippen LogP contribution >= 0.6 is 0 Å². The van der Waals surface area contributed by atoms with Crippen LogP contribution in [0.5, 0.6) is 0 Å². The summed E-state index contributed by atoms with van der Waals surface area (Å²) in [6.07, 6.45) is 2.49. The van der Waals surface area contributed by atoms with Gasteiger partial charge in [-0.25, -0.2) is 0 Å². The Kier molecular flexibility index (Phi) is 5.71. The van der Waals surface area contributed by atoms with Gasteiger partial charge in [-0.3, -0.25) is 14.3 Å². The molecule has 3 rings (SSSR count). The SMILES string of the molecule is Cc1cc(C)n(CCCNC(=O)CC[C@@H]2Cc3ccccc3NC2=O)n1. The highest BCUT2D eigenvalue weighted by Gasteiger charge is 2.26. The summed E-state index contributed by atoms with van der Waals surface area (Å²) in [5, 5.41) is 10.3. The van der Waals surface area contributed by atoms with E-state index in [9.17, 15) is 9.59 Å². The van der Waals surface area contributed by atoms with E-state index in [-0.39, 0.29) is 17.7 Å². The number of hydrogen-bond acceptors (Lipinski definition) is 3. The summed E-state index contributed by atoms with van der Waals surface area (Å²) in [5.74, 6) is -0.114. The summed E-state index contributed by atoms with van der Waals surface area (Å²) in [5.41, 5.74) is 4.18. The molecule has 0 spiro atoms. The topological polar surface area (TPSA) is 76.0 Å². The van der Waals surface area contributed by atoms with Gasteiger partial charge < -0.3 is 10.6 Å². The van der Waals surface area contributed by atoms with Gasteiger partial charge in [0.25, 0.3) is 0 Å². The van der Waals surface area contributed by atoms with Crippen LogP contribution in [0, 0.1) is 19.8 Å². The van der Waals surface area contributed by atoms with Crippen LogP contribution in [0.1, 0.15) is 36.2 Å². The Morgan fingerprint density at radius 2 is 2.15 bits per heavy atom. The molecule has 1 aliphatic rings. The number of para-hydroxylation sites is 1. The number of nitrogens with one attached hydrogen (secondary N) is 2. The molecule has 0 radical (unpaired) electrons. The van der Waals surface area contributed by atoms with Crippen molar-refractivity contribution >= 4 is 17.5 Å². The van der Waals surface area contributed by atoms with E-state index in [4.69, 9.17) is 0 Å². The molecule has 1 atom stereocenters. The highest BCUT2D eigenvalue weighted by molar-refractivity contribution is 5.96. The van der Waals surface area contributed by atoms with Crippen molar-refractivity contribution in [3.05, 3.63) is 47.3 Å². The second-order valence-corrected chi connectivity index (χ2v) is 6.94. The molecular formula is C20H26N4O2. The van der Waals surface area contributed by atoms with Crippen molar-refractivity contribution in [3.8, 4) is 0 Å². The van der Waals surface area contributed by atoms with Crippen molar-refractivity contribution in [2.24, 2.45) is 5.92 Å². The molecule has 2 heterocycles. The van der Waals surface area contributed by atoms with Crippen LogP contribution in [0.3, 0.4) is 0 Å². The minimum atomic E-state index is -0.134. The van der Waals surface area contributed by atoms with Crippen molar-refractivity contribution in [3.63, 3.8) is 0 Å². The number of aryl methyl sites for hydroxylation is 3. The molecule has 0 aliphatic carbocycles. The Hall–Kier alpha value is -2.63. The van der Waals surface area contributed by atoms with Crippen LogP contribution in [0.15, 0.2) is 30.3 Å². The van der Waals surface area contributed by atoms with Crippen LogP contribution in [0.25, 0.3) is 0 Å². The van der Waals surface area contributed by atoms with Crippen molar-refractivity contribution in [2.75, 3.05) is 11.9 Å². The predicted octanol–water partition coefficient (Wildman–Crippen LogP) is 2.60. The van der Waals surface area contributed by atoms with Gasteiger partial charge in [-0.1, -0.05) is 18.2 Å². The van der Waals surface area contributed by atoms with E-state index in [0.29, 0.717) is 25.8 Å². The number of hydrogen-bond donors (Lipinski definition) is 2. The molecule has 0 unspecified atom stereocenters. The van der Waals surface area contributed by atoms with Gasteiger partial charge in [0.15, 0.2) is 0 Å². The number of rotatable bonds is 7. The number of carbonyl (C=O) groups is 2. The van der Waals surface area contributed by atoms with Crippen LogP contribution in [0.2, 0.25) is 0 Å². The maximum absolute atomic E-state index is 12.2. The molecule has 138 valence electrons. The van der Waals surface area contributed by atoms with E-state index in [1.54, 1.807) is 0 Å². The Morgan fingerprint density at radius 1 is 1.35 bits per heavy atom. The van der Waals surface area contributed by atoms with Gasteiger partial charge in [0.1, 0.15) is 0 Å². The van der Waals surface area contributed by atoms with Gasteiger partial charge in [0, 0.05) is 36.8 Å². The summed E-state index contributed by atoms with van der Waals surface area (Å²) in [6, 6.07) is 9.88. The fourth-order valence-electron chi connectivity index (χ4n) is 3.40. The summed E-state index contributed by atoms with van der Waals surface area (Å²) >= 11 is 0. The normalized spacial score (nSPS) is 16.1. The lowest BCUT2D eigenvalue weighted by molar-refractivity contribution is -0.122. The Bertz CT molecular complexity index is 797. The first kappa shape index (κ1) is 18.2. The van der Waals surface area contributed by atoms with Crippen LogP contribution in [-0.2, 0) is 22.6 Å². The number of aromatic nitrogens is 2. The quantitative estimate of drug-likeness (QED) is 0.751. The molecule has 0 saturated carbocycles. The number of anilines is 1. The standard InChI is InChI=1S/C20H26N4O2/c1-14-12-15(2)24(23-14)11-5-10-21-19(25)9-8-17-13-16-6-3-4-7-18(16)22-20(17)26/h3-4,6-7,12,17H,5,8-11,13H2,1-2H3,(H,21,25)(H,22,26)/t17-/m1/s1. The molecule has 0 fully saturated rings. The van der Waals surface area contributed by atoms with E-state index in [2.05, 4.69) is 15.7 Å². The van der Waals surface area contributed by atoms with Gasteiger partial charge in [-0.2, -0.15) is 5.10 Å². The molecule has 1 aromatic carbocycles. The van der Waals surface area contributed by atoms with E-state index < -0.39 is 0 Å². The van der Waals surface area contributed by atoms with E-state index in [1.807, 2.05) is 48.9 Å². The Labute approximate surface area is 154 Å². The maximum atomic E-state index is 12.2. The predicted molar refractivity (Wildman–Crippen MR) is 101 cm³/mol. The van der Waals surface area contributed by atoms with Crippen LogP contribution < -0.4 is 10.6 Å². The van der Waals surface area contributed by atoms with Crippen molar-refractivity contribution in [1.29, 1.82) is 0 Å². The lowest BCUT2D eigenvalue weighted by Gasteiger charge is -2.24. The van der Waals surface area contributed by atoms with E-state index >= 15 is 0 Å². The third-order valence-electron chi connectivity index (χ3n) is 4.80. The largest absolute Gasteiger partial charge is 0.356 e. The number of fused-ring (bicyclic) bond motifs is 1. The van der Waals surface area contributed by atoms with Gasteiger partial charge in [0.2, 0.25) is 11.8 Å². The average molecular weight is 354 g/mol. The van der Waals surface area contributed by atoms with Gasteiger partial charge >= 0.3 is 0 Å². The fourth-order valence-corrected chi connectivity index (χ4v) is 3.40. The molecular weight excluding hydrogens is 328 g/mol. The molecule has 0 saturated heterocycles. The zero-order chi connectivity index (χ0) is 18.5. The van der Waals surface area contributed by atoms with E-state index in [0.717, 1.165) is 35.6 Å². The molecule has 1 aromatic heterocycles. The summed E-state index contributed by atoms with van der Waals surface area (Å²) in [4.78, 5) is 24.2. The highest BCUT2D eigenvalue weighted by Crippen LogP contribution is 2.27. The summed E-state index contributed by atoms with van der Waals surface area (Å²) in [7, 11) is 0. The first-order valence-electron chi connectivity index (χ1n) is 9.19. The van der Waals surface area contributed by atoms with Gasteiger partial charge in [-0.15, -0.1) is 0 Å². The van der Waals surface area contributed by atoms with Crippen LogP contribution in [0.4, 0.5) is 5.69 Å². The third kappa shape index (κ3) is 4.50. The highest BCUT2D eigenvalue weighted by atomic mass is 16.2. The van der Waals surface area contributed by atoms with Crippen molar-refractivity contribution in [2.45, 2.75) is 46.1 Å². The number of carbonyl (C=O) groups excluding carboxylic acids is 2. The van der Waals surface area contributed by atoms with Crippen molar-refractivity contribution in [1.82, 2.24) is 15.1 Å². The molecule has 2 N–H and O–H groups in total. The molecule has 2 amide bonds. The minimum Gasteiger partial charge on any atom is -0.356 e. The molecule has 6 nitrogen and oxygen atoms in total. The van der Waals surface area contributed by atoms with Gasteiger partial charge in [-0.05, 0) is 50.8 Å².